The second-order valence-corrected chi connectivity index (χ2v) is 9.49. The molecular formula is C26H16Cl2N2O3S. The first-order chi connectivity index (χ1) is 16.4. The van der Waals surface area contributed by atoms with Crippen molar-refractivity contribution in [2.24, 2.45) is 0 Å². The molecule has 0 bridgehead atoms. The fraction of sp³-hybridized carbons (Fsp3) is 0.0385. The van der Waals surface area contributed by atoms with Crippen molar-refractivity contribution in [1.29, 1.82) is 0 Å². The number of aliphatic hydroxyl groups is 1. The van der Waals surface area contributed by atoms with Crippen molar-refractivity contribution < 1.29 is 14.7 Å². The maximum absolute atomic E-state index is 13.3. The Morgan fingerprint density at radius 1 is 1.00 bits per heavy atom. The Morgan fingerprint density at radius 2 is 1.71 bits per heavy atom. The van der Waals surface area contributed by atoms with Gasteiger partial charge >= 0.3 is 0 Å². The molecule has 5 rings (SSSR count). The highest BCUT2D eigenvalue weighted by atomic mass is 35.5. The van der Waals surface area contributed by atoms with Gasteiger partial charge in [-0.25, -0.2) is 4.98 Å². The highest BCUT2D eigenvalue weighted by molar-refractivity contribution is 7.22. The fourth-order valence-electron chi connectivity index (χ4n) is 3.83. The van der Waals surface area contributed by atoms with E-state index in [9.17, 15) is 14.7 Å². The Bertz CT molecular complexity index is 1480. The number of hydrogen-bond acceptors (Lipinski definition) is 5. The summed E-state index contributed by atoms with van der Waals surface area (Å²) < 4.78 is 0.786. The predicted molar refractivity (Wildman–Crippen MR) is 136 cm³/mol. The van der Waals surface area contributed by atoms with E-state index < -0.39 is 23.5 Å². The third-order valence-electron chi connectivity index (χ3n) is 5.43. The van der Waals surface area contributed by atoms with Crippen LogP contribution in [0, 0.1) is 0 Å². The summed E-state index contributed by atoms with van der Waals surface area (Å²) in [7, 11) is 0. The number of aliphatic hydroxyl groups excluding tert-OH is 1. The molecule has 34 heavy (non-hydrogen) atoms. The van der Waals surface area contributed by atoms with Gasteiger partial charge in [-0.1, -0.05) is 83.1 Å². The average molecular weight is 507 g/mol. The van der Waals surface area contributed by atoms with Gasteiger partial charge in [0.05, 0.1) is 21.8 Å². The number of rotatable bonds is 5. The van der Waals surface area contributed by atoms with Crippen molar-refractivity contribution in [3.8, 4) is 0 Å². The Balaban J connectivity index is 1.60. The summed E-state index contributed by atoms with van der Waals surface area (Å²) in [5.41, 5.74) is 2.09. The van der Waals surface area contributed by atoms with E-state index in [0.717, 1.165) is 10.3 Å². The number of halogens is 2. The van der Waals surface area contributed by atoms with E-state index in [-0.39, 0.29) is 5.57 Å². The van der Waals surface area contributed by atoms with E-state index in [1.54, 1.807) is 48.5 Å². The first kappa shape index (κ1) is 22.3. The normalized spacial score (nSPS) is 16.2. The van der Waals surface area contributed by atoms with Crippen LogP contribution in [0.4, 0.5) is 5.13 Å². The molecule has 3 aromatic carbocycles. The SMILES string of the molecule is O=C(/C=C/c1ccccc1)C1=C(O)C(=O)N(c2nc3ccc(Cl)cc3s2)C1c1ccc(Cl)cc1. The molecule has 0 fully saturated rings. The van der Waals surface area contributed by atoms with Crippen LogP contribution in [-0.2, 0) is 9.59 Å². The Hall–Kier alpha value is -3.45. The van der Waals surface area contributed by atoms with Gasteiger partial charge in [-0.15, -0.1) is 0 Å². The molecule has 4 aromatic rings. The van der Waals surface area contributed by atoms with Crippen molar-refractivity contribution in [1.82, 2.24) is 4.98 Å². The van der Waals surface area contributed by atoms with Crippen molar-refractivity contribution in [3.63, 3.8) is 0 Å². The van der Waals surface area contributed by atoms with Gasteiger partial charge in [0.15, 0.2) is 16.7 Å². The summed E-state index contributed by atoms with van der Waals surface area (Å²) in [4.78, 5) is 32.4. The lowest BCUT2D eigenvalue weighted by Crippen LogP contribution is -2.30. The van der Waals surface area contributed by atoms with Crippen LogP contribution < -0.4 is 4.90 Å². The molecule has 5 nitrogen and oxygen atoms in total. The lowest BCUT2D eigenvalue weighted by molar-refractivity contribution is -0.117. The second-order valence-electron chi connectivity index (χ2n) is 7.61. The smallest absolute Gasteiger partial charge is 0.296 e. The molecule has 1 aromatic heterocycles. The molecule has 1 aliphatic rings. The number of anilines is 1. The molecule has 0 saturated carbocycles. The van der Waals surface area contributed by atoms with Gasteiger partial charge in [0.25, 0.3) is 5.91 Å². The molecule has 1 atom stereocenters. The summed E-state index contributed by atoms with van der Waals surface area (Å²) in [5, 5.41) is 12.2. The lowest BCUT2D eigenvalue weighted by atomic mass is 9.96. The Morgan fingerprint density at radius 3 is 2.44 bits per heavy atom. The summed E-state index contributed by atoms with van der Waals surface area (Å²) in [6, 6.07) is 20.5. The quantitative estimate of drug-likeness (QED) is 0.302. The number of hydrogen-bond donors (Lipinski definition) is 1. The number of ketones is 1. The number of benzene rings is 3. The molecule has 0 saturated heterocycles. The van der Waals surface area contributed by atoms with Gasteiger partial charge in [-0.2, -0.15) is 0 Å². The number of carbonyl (C=O) groups excluding carboxylic acids is 2. The van der Waals surface area contributed by atoms with E-state index in [1.165, 1.54) is 22.3 Å². The van der Waals surface area contributed by atoms with Gasteiger partial charge < -0.3 is 5.11 Å². The third kappa shape index (κ3) is 4.12. The minimum Gasteiger partial charge on any atom is -0.503 e. The van der Waals surface area contributed by atoms with Crippen molar-refractivity contribution in [3.05, 3.63) is 111 Å². The molecule has 1 aliphatic heterocycles. The predicted octanol–water partition coefficient (Wildman–Crippen LogP) is 6.79. The first-order valence-electron chi connectivity index (χ1n) is 10.3. The number of aromatic nitrogens is 1. The highest BCUT2D eigenvalue weighted by Crippen LogP contribution is 2.44. The number of nitrogens with zero attached hydrogens (tertiary/aromatic N) is 2. The summed E-state index contributed by atoms with van der Waals surface area (Å²) in [6.45, 7) is 0. The zero-order valence-corrected chi connectivity index (χ0v) is 19.8. The van der Waals surface area contributed by atoms with Crippen molar-refractivity contribution in [2.45, 2.75) is 6.04 Å². The van der Waals surface area contributed by atoms with E-state index in [2.05, 4.69) is 4.98 Å². The van der Waals surface area contributed by atoms with Gasteiger partial charge in [0, 0.05) is 10.0 Å². The van der Waals surface area contributed by atoms with Crippen LogP contribution in [0.1, 0.15) is 17.2 Å². The molecule has 1 N–H and O–H groups in total. The molecule has 0 spiro atoms. The average Bonchev–Trinajstić information content (AvgIpc) is 3.36. The molecule has 168 valence electrons. The number of thiazole rings is 1. The van der Waals surface area contributed by atoms with Crippen molar-refractivity contribution >= 4 is 67.7 Å². The molecule has 1 amide bonds. The Labute approximate surface area is 209 Å². The van der Waals surface area contributed by atoms with Crippen LogP contribution in [0.3, 0.4) is 0 Å². The van der Waals surface area contributed by atoms with Gasteiger partial charge in [-0.05, 0) is 47.5 Å². The molecular weight excluding hydrogens is 491 g/mol. The van der Waals surface area contributed by atoms with E-state index >= 15 is 0 Å². The van der Waals surface area contributed by atoms with Crippen LogP contribution in [0.5, 0.6) is 0 Å². The van der Waals surface area contributed by atoms with Crippen molar-refractivity contribution in [2.75, 3.05) is 4.90 Å². The van der Waals surface area contributed by atoms with Crippen LogP contribution in [0.15, 0.2) is 90.2 Å². The minimum absolute atomic E-state index is 0.0169. The number of carbonyl (C=O) groups is 2. The largest absolute Gasteiger partial charge is 0.503 e. The zero-order chi connectivity index (χ0) is 23.8. The maximum atomic E-state index is 13.3. The van der Waals surface area contributed by atoms with Gasteiger partial charge in [0.1, 0.15) is 0 Å². The summed E-state index contributed by atoms with van der Waals surface area (Å²) in [5.74, 6) is -1.76. The van der Waals surface area contributed by atoms with E-state index in [4.69, 9.17) is 23.2 Å². The molecule has 1 unspecified atom stereocenters. The summed E-state index contributed by atoms with van der Waals surface area (Å²) >= 11 is 13.4. The monoisotopic (exact) mass is 506 g/mol. The topological polar surface area (TPSA) is 70.5 Å². The Kier molecular flexibility index (Phi) is 5.96. The number of amides is 1. The summed E-state index contributed by atoms with van der Waals surface area (Å²) in [6.07, 6.45) is 3.01. The first-order valence-corrected chi connectivity index (χ1v) is 11.9. The van der Waals surface area contributed by atoms with E-state index in [1.807, 2.05) is 30.3 Å². The molecule has 8 heteroatoms. The number of allylic oxidation sites excluding steroid dienone is 1. The third-order valence-corrected chi connectivity index (χ3v) is 6.94. The minimum atomic E-state index is -0.867. The van der Waals surface area contributed by atoms with Gasteiger partial charge in [0.2, 0.25) is 0 Å². The second kappa shape index (κ2) is 9.06. The van der Waals surface area contributed by atoms with Crippen LogP contribution in [-0.4, -0.2) is 21.8 Å². The lowest BCUT2D eigenvalue weighted by Gasteiger charge is -2.24. The zero-order valence-electron chi connectivity index (χ0n) is 17.5. The highest BCUT2D eigenvalue weighted by Gasteiger charge is 2.45. The standard InChI is InChI=1S/C26H16Cl2N2O3S/c27-17-9-7-16(8-10-17)23-22(20(31)13-6-15-4-2-1-3-5-15)24(32)25(33)30(23)26-29-19-12-11-18(28)14-21(19)34-26/h1-14,23,32H/b13-6+. The van der Waals surface area contributed by atoms with Crippen LogP contribution in [0.2, 0.25) is 10.0 Å². The van der Waals surface area contributed by atoms with E-state index in [0.29, 0.717) is 26.3 Å². The fourth-order valence-corrected chi connectivity index (χ4v) is 5.22. The van der Waals surface area contributed by atoms with Crippen LogP contribution >= 0.6 is 34.5 Å². The number of fused-ring (bicyclic) bond motifs is 1. The molecule has 0 radical (unpaired) electrons. The van der Waals surface area contributed by atoms with Gasteiger partial charge in [-0.3, -0.25) is 14.5 Å². The molecule has 2 heterocycles. The molecule has 0 aliphatic carbocycles. The van der Waals surface area contributed by atoms with Crippen LogP contribution in [0.25, 0.3) is 16.3 Å². The maximum Gasteiger partial charge on any atom is 0.296 e.